The first-order chi connectivity index (χ1) is 12.9. The first-order valence-electron chi connectivity index (χ1n) is 8.17. The molecule has 2 atom stereocenters. The van der Waals surface area contributed by atoms with Crippen LogP contribution >= 0.6 is 0 Å². The molecule has 3 heterocycles. The average Bonchev–Trinajstić information content (AvgIpc) is 2.86. The van der Waals surface area contributed by atoms with E-state index in [0.29, 0.717) is 31.9 Å². The summed E-state index contributed by atoms with van der Waals surface area (Å²) in [5.41, 5.74) is 0.517. The zero-order chi connectivity index (χ0) is 20.0. The van der Waals surface area contributed by atoms with Gasteiger partial charge in [-0.05, 0) is 6.07 Å². The fourth-order valence-corrected chi connectivity index (χ4v) is 3.03. The Morgan fingerprint density at radius 2 is 1.96 bits per heavy atom. The molecule has 2 aliphatic rings. The first-order valence-corrected chi connectivity index (χ1v) is 8.17. The van der Waals surface area contributed by atoms with Crippen molar-refractivity contribution in [1.82, 2.24) is 14.8 Å². The summed E-state index contributed by atoms with van der Waals surface area (Å²) in [7, 11) is 3.01. The molecule has 3 rings (SSSR count). The number of pyridine rings is 1. The number of amides is 2. The van der Waals surface area contributed by atoms with Gasteiger partial charge in [-0.2, -0.15) is 0 Å². The predicted octanol–water partition coefficient (Wildman–Crippen LogP) is -0.502. The zero-order valence-electron chi connectivity index (χ0n) is 15.0. The largest absolute Gasteiger partial charge is 0.483 e. The monoisotopic (exact) mass is 379 g/mol. The van der Waals surface area contributed by atoms with Gasteiger partial charge in [-0.3, -0.25) is 19.4 Å². The van der Waals surface area contributed by atoms with Crippen molar-refractivity contribution < 1.29 is 33.8 Å². The quantitative estimate of drug-likeness (QED) is 0.538. The molecule has 2 bridgehead atoms. The minimum atomic E-state index is -0.548. The molecule has 27 heavy (non-hydrogen) atoms. The van der Waals surface area contributed by atoms with Crippen LogP contribution in [-0.4, -0.2) is 90.6 Å². The highest BCUT2D eigenvalue weighted by Gasteiger charge is 2.39. The molecule has 2 saturated heterocycles. The van der Waals surface area contributed by atoms with Gasteiger partial charge in [0.2, 0.25) is 5.91 Å². The number of carbonyl (C=O) groups excluding carboxylic acids is 3. The molecule has 0 saturated carbocycles. The molecule has 0 spiro atoms. The van der Waals surface area contributed by atoms with E-state index in [1.54, 1.807) is 16.8 Å². The third-order valence-corrected chi connectivity index (χ3v) is 4.44. The maximum Gasteiger partial charge on any atom is 0.339 e. The molecular weight excluding hydrogens is 358 g/mol. The van der Waals surface area contributed by atoms with Crippen LogP contribution in [0.25, 0.3) is 0 Å². The van der Waals surface area contributed by atoms with Crippen LogP contribution in [0.4, 0.5) is 0 Å². The van der Waals surface area contributed by atoms with E-state index >= 15 is 0 Å². The van der Waals surface area contributed by atoms with Crippen molar-refractivity contribution in [1.29, 1.82) is 0 Å². The van der Waals surface area contributed by atoms with E-state index < -0.39 is 5.97 Å². The molecule has 2 aliphatic heterocycles. The second-order valence-electron chi connectivity index (χ2n) is 6.11. The average molecular weight is 379 g/mol. The van der Waals surface area contributed by atoms with Crippen molar-refractivity contribution in [2.24, 2.45) is 5.92 Å². The third kappa shape index (κ3) is 4.59. The highest BCUT2D eigenvalue weighted by atomic mass is 16.5. The van der Waals surface area contributed by atoms with E-state index in [0.717, 1.165) is 0 Å². The Labute approximate surface area is 155 Å². The highest BCUT2D eigenvalue weighted by Crippen LogP contribution is 2.21. The lowest BCUT2D eigenvalue weighted by molar-refractivity contribution is -0.134. The number of esters is 1. The molecule has 0 radical (unpaired) electrons. The predicted molar refractivity (Wildman–Crippen MR) is 91.0 cm³/mol. The van der Waals surface area contributed by atoms with Crippen molar-refractivity contribution >= 4 is 24.3 Å². The number of fused-ring (bicyclic) bond motifs is 3. The number of carboxylic acid groups (broad SMARTS) is 1. The summed E-state index contributed by atoms with van der Waals surface area (Å²) in [6.45, 7) is 1.15. The number of ether oxygens (including phenoxy) is 2. The topological polar surface area (TPSA) is 126 Å². The summed E-state index contributed by atoms with van der Waals surface area (Å²) in [4.78, 5) is 52.4. The van der Waals surface area contributed by atoms with Crippen LogP contribution in [0.5, 0.6) is 0 Å². The lowest BCUT2D eigenvalue weighted by Crippen LogP contribution is -2.45. The summed E-state index contributed by atoms with van der Waals surface area (Å²) >= 11 is 0. The van der Waals surface area contributed by atoms with Gasteiger partial charge in [0, 0.05) is 32.5 Å². The highest BCUT2D eigenvalue weighted by molar-refractivity contribution is 5.97. The van der Waals surface area contributed by atoms with E-state index in [9.17, 15) is 14.4 Å². The van der Waals surface area contributed by atoms with Crippen LogP contribution in [0.3, 0.4) is 0 Å². The normalized spacial score (nSPS) is 21.5. The van der Waals surface area contributed by atoms with Crippen molar-refractivity contribution in [3.05, 3.63) is 29.6 Å². The number of methoxy groups -OCH3 is 1. The lowest BCUT2D eigenvalue weighted by atomic mass is 10.1. The summed E-state index contributed by atoms with van der Waals surface area (Å²) < 4.78 is 10.2. The number of rotatable bonds is 2. The van der Waals surface area contributed by atoms with E-state index in [1.165, 1.54) is 25.6 Å². The van der Waals surface area contributed by atoms with Gasteiger partial charge >= 0.3 is 5.97 Å². The molecule has 1 N–H and O–H groups in total. The second-order valence-corrected chi connectivity index (χ2v) is 6.11. The van der Waals surface area contributed by atoms with E-state index in [4.69, 9.17) is 14.6 Å². The van der Waals surface area contributed by atoms with Crippen LogP contribution in [0.15, 0.2) is 18.5 Å². The Hall–Kier alpha value is -3.01. The Balaban J connectivity index is 0.000000817. The number of aromatic nitrogens is 1. The second kappa shape index (κ2) is 9.08. The summed E-state index contributed by atoms with van der Waals surface area (Å²) in [6.07, 6.45) is 2.77. The lowest BCUT2D eigenvalue weighted by Gasteiger charge is -2.29. The summed E-state index contributed by atoms with van der Waals surface area (Å²) in [5.74, 6) is -1.18. The number of likely N-dealkylation sites (N-methyl/N-ethyl adjacent to an activating group) is 1. The van der Waals surface area contributed by atoms with Crippen molar-refractivity contribution in [3.8, 4) is 0 Å². The smallest absolute Gasteiger partial charge is 0.339 e. The van der Waals surface area contributed by atoms with Gasteiger partial charge in [0.05, 0.1) is 43.4 Å². The van der Waals surface area contributed by atoms with Gasteiger partial charge in [0.15, 0.2) is 0 Å². The van der Waals surface area contributed by atoms with Crippen molar-refractivity contribution in [3.63, 3.8) is 0 Å². The van der Waals surface area contributed by atoms with Crippen LogP contribution in [0.2, 0.25) is 0 Å². The Morgan fingerprint density at radius 1 is 1.30 bits per heavy atom. The zero-order valence-corrected chi connectivity index (χ0v) is 15.0. The first kappa shape index (κ1) is 20.3. The molecule has 0 unspecified atom stereocenters. The maximum atomic E-state index is 12.8. The SMILES string of the molecule is COC(=O)c1cncc(C(=O)N2C[C@@H]3COC[C@H](C2)N(C)C3=O)c1.O=CO. The van der Waals surface area contributed by atoms with E-state index in [2.05, 4.69) is 9.72 Å². The Morgan fingerprint density at radius 3 is 2.63 bits per heavy atom. The molecule has 0 aromatic carbocycles. The molecule has 146 valence electrons. The number of nitrogens with zero attached hydrogens (tertiary/aromatic N) is 3. The van der Waals surface area contributed by atoms with Crippen LogP contribution < -0.4 is 0 Å². The van der Waals surface area contributed by atoms with Crippen LogP contribution in [0, 0.1) is 5.92 Å². The fourth-order valence-electron chi connectivity index (χ4n) is 3.03. The van der Waals surface area contributed by atoms with Crippen LogP contribution in [0.1, 0.15) is 20.7 Å². The number of hydrogen-bond acceptors (Lipinski definition) is 7. The summed E-state index contributed by atoms with van der Waals surface area (Å²) in [6, 6.07) is 1.29. The maximum absolute atomic E-state index is 12.8. The van der Waals surface area contributed by atoms with Crippen LogP contribution in [-0.2, 0) is 19.1 Å². The molecule has 2 amide bonds. The van der Waals surface area contributed by atoms with E-state index in [-0.39, 0.29) is 35.8 Å². The minimum absolute atomic E-state index is 0.00534. The van der Waals surface area contributed by atoms with Crippen molar-refractivity contribution in [2.75, 3.05) is 40.5 Å². The Bertz CT molecular complexity index is 724. The minimum Gasteiger partial charge on any atom is -0.483 e. The molecule has 1 aromatic rings. The van der Waals surface area contributed by atoms with Gasteiger partial charge in [0.1, 0.15) is 0 Å². The standard InChI is InChI=1S/C16H19N3O5.CH2O2/c1-18-13-7-19(6-12(14(18)20)8-24-9-13)15(21)10-3-11(5-17-4-10)16(22)23-2;2-1-3/h3-5,12-13H,6-9H2,1-2H3;1H,(H,2,3)/t12-,13+;/m1./s1. The van der Waals surface area contributed by atoms with E-state index in [1.807, 2.05) is 0 Å². The van der Waals surface area contributed by atoms with Gasteiger partial charge in [-0.1, -0.05) is 0 Å². The molecule has 10 heteroatoms. The Kier molecular flexibility index (Phi) is 6.83. The van der Waals surface area contributed by atoms with Gasteiger partial charge in [-0.15, -0.1) is 0 Å². The van der Waals surface area contributed by atoms with Gasteiger partial charge in [0.25, 0.3) is 12.4 Å². The van der Waals surface area contributed by atoms with Gasteiger partial charge < -0.3 is 24.4 Å². The summed E-state index contributed by atoms with van der Waals surface area (Å²) in [5, 5.41) is 6.89. The number of carbonyl (C=O) groups is 4. The molecular formula is C17H21N3O7. The van der Waals surface area contributed by atoms with Crippen molar-refractivity contribution in [2.45, 2.75) is 6.04 Å². The third-order valence-electron chi connectivity index (χ3n) is 4.44. The molecule has 2 fully saturated rings. The molecule has 10 nitrogen and oxygen atoms in total. The molecule has 1 aromatic heterocycles. The fraction of sp³-hybridized carbons (Fsp3) is 0.471. The number of hydrogen-bond donors (Lipinski definition) is 1. The molecule has 0 aliphatic carbocycles. The van der Waals surface area contributed by atoms with Gasteiger partial charge in [-0.25, -0.2) is 4.79 Å².